The predicted octanol–water partition coefficient (Wildman–Crippen LogP) is 5.97. The fraction of sp³-hybridized carbons (Fsp3) is 0.444. The number of hydrogen-bond acceptors (Lipinski definition) is 5. The maximum absolute atomic E-state index is 14.4. The zero-order valence-electron chi connectivity index (χ0n) is 21.5. The van der Waals surface area contributed by atoms with Crippen molar-refractivity contribution < 1.29 is 27.1 Å². The quantitative estimate of drug-likeness (QED) is 0.365. The second-order valence-corrected chi connectivity index (χ2v) is 10.7. The van der Waals surface area contributed by atoms with Gasteiger partial charge in [-0.25, -0.2) is 14.1 Å². The summed E-state index contributed by atoms with van der Waals surface area (Å²) in [6.45, 7) is 6.10. The Morgan fingerprint density at radius 1 is 1.13 bits per heavy atom. The number of carbonyl (C=O) groups is 1. The summed E-state index contributed by atoms with van der Waals surface area (Å²) in [7, 11) is 0. The molecule has 3 N–H and O–H groups in total. The number of alkyl halides is 3. The second kappa shape index (κ2) is 10.3. The summed E-state index contributed by atoms with van der Waals surface area (Å²) in [6, 6.07) is 10.3. The Morgan fingerprint density at radius 3 is 2.45 bits per heavy atom. The fourth-order valence-electron chi connectivity index (χ4n) is 4.83. The highest BCUT2D eigenvalue weighted by Gasteiger charge is 2.42. The van der Waals surface area contributed by atoms with Gasteiger partial charge in [0.05, 0.1) is 28.8 Å². The smallest absolute Gasteiger partial charge is 0.419 e. The Labute approximate surface area is 218 Å². The van der Waals surface area contributed by atoms with Gasteiger partial charge in [0.25, 0.3) is 0 Å². The number of ether oxygens (including phenoxy) is 1. The highest BCUT2D eigenvalue weighted by Crippen LogP contribution is 2.41. The van der Waals surface area contributed by atoms with Crippen LogP contribution in [0.4, 0.5) is 29.2 Å². The molecule has 1 aliphatic carbocycles. The number of pyridine rings is 1. The first-order valence-corrected chi connectivity index (χ1v) is 12.4. The van der Waals surface area contributed by atoms with Gasteiger partial charge in [0, 0.05) is 18.2 Å². The van der Waals surface area contributed by atoms with Crippen LogP contribution in [0.5, 0.6) is 5.75 Å². The van der Waals surface area contributed by atoms with Crippen LogP contribution in [0.1, 0.15) is 57.7 Å². The molecule has 2 heterocycles. The number of nitrogens with two attached hydrogens (primary N) is 1. The van der Waals surface area contributed by atoms with Gasteiger partial charge in [-0.05, 0) is 70.7 Å². The van der Waals surface area contributed by atoms with Crippen molar-refractivity contribution in [2.24, 2.45) is 11.1 Å². The van der Waals surface area contributed by atoms with Gasteiger partial charge in [-0.2, -0.15) is 18.3 Å². The largest absolute Gasteiger partial charge is 0.487 e. The molecule has 204 valence electrons. The maximum atomic E-state index is 14.4. The molecular formula is C27H31F4N5O2. The number of nitrogens with one attached hydrogen (secondary N) is 1. The van der Waals surface area contributed by atoms with Crippen molar-refractivity contribution in [1.82, 2.24) is 14.8 Å². The lowest BCUT2D eigenvalue weighted by Crippen LogP contribution is -2.44. The third-order valence-corrected chi connectivity index (χ3v) is 6.84. The van der Waals surface area contributed by atoms with E-state index in [4.69, 9.17) is 10.5 Å². The van der Waals surface area contributed by atoms with Crippen molar-refractivity contribution in [1.29, 1.82) is 0 Å². The summed E-state index contributed by atoms with van der Waals surface area (Å²) in [5, 5.41) is 7.64. The number of amides is 1. The Balaban J connectivity index is 1.45. The van der Waals surface area contributed by atoms with Crippen molar-refractivity contribution in [3.8, 4) is 5.75 Å². The summed E-state index contributed by atoms with van der Waals surface area (Å²) >= 11 is 0. The highest BCUT2D eigenvalue weighted by molar-refractivity contribution is 5.81. The first kappa shape index (κ1) is 27.4. The molecule has 0 unspecified atom stereocenters. The number of carbonyl (C=O) groups excluding carboxylic acids is 1. The Hall–Kier alpha value is -3.63. The lowest BCUT2D eigenvalue weighted by Gasteiger charge is -2.37. The second-order valence-electron chi connectivity index (χ2n) is 10.7. The molecule has 7 nitrogen and oxygen atoms in total. The van der Waals surface area contributed by atoms with Gasteiger partial charge in [0.2, 0.25) is 5.91 Å². The molecule has 0 bridgehead atoms. The highest BCUT2D eigenvalue weighted by atomic mass is 19.4. The van der Waals surface area contributed by atoms with Crippen molar-refractivity contribution in [2.75, 3.05) is 5.32 Å². The SMILES string of the molecule is CC(C)(C)n1nccc1Nc1cccc(C[C@]2(C(N)=O)CC[C@H](Oc3cccc(C(F)(F)F)c3F)CC2)n1. The van der Waals surface area contributed by atoms with E-state index < -0.39 is 40.7 Å². The van der Waals surface area contributed by atoms with Crippen molar-refractivity contribution in [3.05, 3.63) is 65.7 Å². The first-order valence-electron chi connectivity index (χ1n) is 12.4. The predicted molar refractivity (Wildman–Crippen MR) is 134 cm³/mol. The number of anilines is 2. The molecule has 0 spiro atoms. The zero-order valence-corrected chi connectivity index (χ0v) is 21.5. The van der Waals surface area contributed by atoms with Crippen LogP contribution in [0.25, 0.3) is 0 Å². The van der Waals surface area contributed by atoms with Crippen molar-refractivity contribution >= 4 is 17.5 Å². The summed E-state index contributed by atoms with van der Waals surface area (Å²) in [5.41, 5.74) is 3.99. The van der Waals surface area contributed by atoms with E-state index in [0.29, 0.717) is 49.7 Å². The van der Waals surface area contributed by atoms with Crippen LogP contribution in [0, 0.1) is 11.2 Å². The first-order chi connectivity index (χ1) is 17.8. The third kappa shape index (κ3) is 5.92. The number of halogens is 4. The average Bonchev–Trinajstić information content (AvgIpc) is 3.30. The van der Waals surface area contributed by atoms with Gasteiger partial charge in [-0.15, -0.1) is 0 Å². The lowest BCUT2D eigenvalue weighted by atomic mass is 9.69. The Kier molecular flexibility index (Phi) is 7.40. The average molecular weight is 534 g/mol. The van der Waals surface area contributed by atoms with Gasteiger partial charge in [-0.3, -0.25) is 4.79 Å². The number of nitrogens with zero attached hydrogens (tertiary/aromatic N) is 3. The number of aromatic nitrogens is 3. The zero-order chi connectivity index (χ0) is 27.7. The minimum atomic E-state index is -4.82. The normalized spacial score (nSPS) is 20.2. The molecule has 11 heteroatoms. The van der Waals surface area contributed by atoms with Crippen LogP contribution in [0.15, 0.2) is 48.7 Å². The van der Waals surface area contributed by atoms with Gasteiger partial charge < -0.3 is 15.8 Å². The molecule has 4 rings (SSSR count). The van der Waals surface area contributed by atoms with E-state index in [1.165, 1.54) is 6.07 Å². The van der Waals surface area contributed by atoms with E-state index in [1.54, 1.807) is 6.20 Å². The van der Waals surface area contributed by atoms with E-state index in [1.807, 2.05) is 49.7 Å². The number of benzene rings is 1. The minimum absolute atomic E-state index is 0.239. The monoisotopic (exact) mass is 533 g/mol. The molecule has 0 saturated heterocycles. The molecule has 0 radical (unpaired) electrons. The molecule has 1 aliphatic rings. The van der Waals surface area contributed by atoms with E-state index in [0.717, 1.165) is 11.9 Å². The topological polar surface area (TPSA) is 95.1 Å². The molecule has 0 atom stereocenters. The van der Waals surface area contributed by atoms with E-state index >= 15 is 0 Å². The molecule has 1 aromatic carbocycles. The summed E-state index contributed by atoms with van der Waals surface area (Å²) in [5.74, 6) is -1.01. The summed E-state index contributed by atoms with van der Waals surface area (Å²) in [6.07, 6.45) is -2.03. The summed E-state index contributed by atoms with van der Waals surface area (Å²) < 4.78 is 61.0. The number of hydrogen-bond donors (Lipinski definition) is 2. The van der Waals surface area contributed by atoms with Crippen molar-refractivity contribution in [2.45, 2.75) is 70.7 Å². The van der Waals surface area contributed by atoms with Gasteiger partial charge >= 0.3 is 6.18 Å². The van der Waals surface area contributed by atoms with Crippen LogP contribution in [-0.2, 0) is 22.9 Å². The summed E-state index contributed by atoms with van der Waals surface area (Å²) in [4.78, 5) is 17.3. The molecule has 38 heavy (non-hydrogen) atoms. The molecule has 2 aromatic heterocycles. The van der Waals surface area contributed by atoms with Crippen LogP contribution < -0.4 is 15.8 Å². The van der Waals surface area contributed by atoms with Gasteiger partial charge in [0.15, 0.2) is 11.6 Å². The van der Waals surface area contributed by atoms with Crippen LogP contribution in [0.3, 0.4) is 0 Å². The number of rotatable bonds is 7. The minimum Gasteiger partial charge on any atom is -0.487 e. The molecular weight excluding hydrogens is 502 g/mol. The Morgan fingerprint density at radius 2 is 1.82 bits per heavy atom. The lowest BCUT2D eigenvalue weighted by molar-refractivity contribution is -0.140. The van der Waals surface area contributed by atoms with E-state index in [-0.39, 0.29) is 5.54 Å². The van der Waals surface area contributed by atoms with Crippen molar-refractivity contribution in [3.63, 3.8) is 0 Å². The molecule has 0 aliphatic heterocycles. The van der Waals surface area contributed by atoms with E-state index in [2.05, 4.69) is 15.4 Å². The molecule has 1 saturated carbocycles. The van der Waals surface area contributed by atoms with Gasteiger partial charge in [0.1, 0.15) is 11.6 Å². The molecule has 1 amide bonds. The number of primary amides is 1. The Bertz CT molecular complexity index is 1290. The maximum Gasteiger partial charge on any atom is 0.419 e. The van der Waals surface area contributed by atoms with E-state index in [9.17, 15) is 22.4 Å². The molecule has 3 aromatic rings. The fourth-order valence-corrected chi connectivity index (χ4v) is 4.83. The van der Waals surface area contributed by atoms with Crippen LogP contribution in [0.2, 0.25) is 0 Å². The molecule has 1 fully saturated rings. The third-order valence-electron chi connectivity index (χ3n) is 6.84. The van der Waals surface area contributed by atoms with Crippen LogP contribution >= 0.6 is 0 Å². The standard InChI is InChI=1S/C27H31F4N5O2/c1-25(2,3)36-22(12-15-33-36)35-21-9-4-6-17(34-21)16-26(24(32)37)13-10-18(11-14-26)38-20-8-5-7-19(23(20)28)27(29,30)31/h4-9,12,15,18H,10-11,13-14,16H2,1-3H3,(H2,32,37)(H,34,35)/t18-,26-. The van der Waals surface area contributed by atoms with Crippen LogP contribution in [-0.4, -0.2) is 26.8 Å². The van der Waals surface area contributed by atoms with Gasteiger partial charge in [-0.1, -0.05) is 12.1 Å².